The van der Waals surface area contributed by atoms with E-state index < -0.39 is 0 Å². The van der Waals surface area contributed by atoms with Gasteiger partial charge in [-0.3, -0.25) is 0 Å². The van der Waals surface area contributed by atoms with Crippen molar-refractivity contribution in [1.82, 2.24) is 15.1 Å². The number of hydrogen-bond acceptors (Lipinski definition) is 4. The lowest BCUT2D eigenvalue weighted by Gasteiger charge is -2.44. The largest absolute Gasteiger partial charge is 0.381 e. The van der Waals surface area contributed by atoms with E-state index in [2.05, 4.69) is 36.1 Å². The molecule has 0 amide bonds. The molecule has 20 heavy (non-hydrogen) atoms. The van der Waals surface area contributed by atoms with Crippen molar-refractivity contribution in [3.8, 4) is 0 Å². The van der Waals surface area contributed by atoms with Gasteiger partial charge in [0.25, 0.3) is 0 Å². The van der Waals surface area contributed by atoms with Crippen LogP contribution in [-0.2, 0) is 4.74 Å². The molecule has 0 bridgehead atoms. The van der Waals surface area contributed by atoms with E-state index in [4.69, 9.17) is 4.74 Å². The first kappa shape index (κ1) is 16.2. The second kappa shape index (κ2) is 7.74. The SMILES string of the molecule is CCNCC1(CN(C)C2CCCN(C)C2)CCOCC1. The van der Waals surface area contributed by atoms with Crippen LogP contribution in [0, 0.1) is 5.41 Å². The van der Waals surface area contributed by atoms with Gasteiger partial charge in [-0.2, -0.15) is 0 Å². The molecular weight excluding hydrogens is 250 g/mol. The van der Waals surface area contributed by atoms with Gasteiger partial charge in [0.05, 0.1) is 0 Å². The zero-order valence-corrected chi connectivity index (χ0v) is 13.7. The molecule has 1 N–H and O–H groups in total. The van der Waals surface area contributed by atoms with E-state index in [-0.39, 0.29) is 0 Å². The molecule has 2 saturated heterocycles. The zero-order valence-electron chi connectivity index (χ0n) is 13.7. The third-order valence-corrected chi connectivity index (χ3v) is 5.11. The predicted octanol–water partition coefficient (Wildman–Crippen LogP) is 1.42. The van der Waals surface area contributed by atoms with Crippen molar-refractivity contribution in [2.24, 2.45) is 5.41 Å². The van der Waals surface area contributed by atoms with Crippen molar-refractivity contribution in [2.45, 2.75) is 38.6 Å². The first-order chi connectivity index (χ1) is 9.65. The quantitative estimate of drug-likeness (QED) is 0.798. The van der Waals surface area contributed by atoms with Gasteiger partial charge < -0.3 is 19.9 Å². The van der Waals surface area contributed by atoms with E-state index in [1.54, 1.807) is 0 Å². The van der Waals surface area contributed by atoms with Crippen molar-refractivity contribution in [3.63, 3.8) is 0 Å². The van der Waals surface area contributed by atoms with Crippen molar-refractivity contribution >= 4 is 0 Å². The minimum absolute atomic E-state index is 0.416. The normalized spacial score (nSPS) is 27.9. The number of nitrogens with zero attached hydrogens (tertiary/aromatic N) is 2. The number of hydrogen-bond donors (Lipinski definition) is 1. The third kappa shape index (κ3) is 4.42. The molecule has 2 aliphatic rings. The molecule has 0 aromatic rings. The Morgan fingerprint density at radius 1 is 1.35 bits per heavy atom. The zero-order chi connectivity index (χ0) is 14.4. The van der Waals surface area contributed by atoms with E-state index >= 15 is 0 Å². The minimum atomic E-state index is 0.416. The number of piperidine rings is 1. The van der Waals surface area contributed by atoms with Crippen LogP contribution in [0.25, 0.3) is 0 Å². The molecule has 0 aromatic carbocycles. The molecular formula is C16H33N3O. The number of rotatable bonds is 6. The second-order valence-corrected chi connectivity index (χ2v) is 6.87. The highest BCUT2D eigenvalue weighted by atomic mass is 16.5. The molecule has 1 atom stereocenters. The molecule has 2 rings (SSSR count). The summed E-state index contributed by atoms with van der Waals surface area (Å²) >= 11 is 0. The molecule has 2 heterocycles. The van der Waals surface area contributed by atoms with Crippen molar-refractivity contribution in [2.75, 3.05) is 60.0 Å². The average molecular weight is 283 g/mol. The lowest BCUT2D eigenvalue weighted by Crippen LogP contribution is -2.52. The monoisotopic (exact) mass is 283 g/mol. The Kier molecular flexibility index (Phi) is 6.27. The van der Waals surface area contributed by atoms with Crippen LogP contribution >= 0.6 is 0 Å². The molecule has 118 valence electrons. The standard InChI is InChI=1S/C16H33N3O/c1-4-17-13-16(7-10-20-11-8-16)14-19(3)15-6-5-9-18(2)12-15/h15,17H,4-14H2,1-3H3. The molecule has 2 aliphatic heterocycles. The molecule has 2 fully saturated rings. The fraction of sp³-hybridized carbons (Fsp3) is 1.00. The van der Waals surface area contributed by atoms with Crippen molar-refractivity contribution < 1.29 is 4.74 Å². The number of likely N-dealkylation sites (N-methyl/N-ethyl adjacent to an activating group) is 2. The van der Waals surface area contributed by atoms with Crippen LogP contribution in [0.1, 0.15) is 32.6 Å². The topological polar surface area (TPSA) is 27.7 Å². The van der Waals surface area contributed by atoms with E-state index in [1.807, 2.05) is 0 Å². The van der Waals surface area contributed by atoms with E-state index in [0.29, 0.717) is 5.41 Å². The summed E-state index contributed by atoms with van der Waals surface area (Å²) in [6, 6.07) is 0.732. The van der Waals surface area contributed by atoms with Crippen molar-refractivity contribution in [1.29, 1.82) is 0 Å². The van der Waals surface area contributed by atoms with E-state index in [1.165, 1.54) is 45.3 Å². The van der Waals surface area contributed by atoms with Crippen LogP contribution in [0.4, 0.5) is 0 Å². The van der Waals surface area contributed by atoms with Gasteiger partial charge in [0.2, 0.25) is 0 Å². The van der Waals surface area contributed by atoms with Gasteiger partial charge in [0.1, 0.15) is 0 Å². The second-order valence-electron chi connectivity index (χ2n) is 6.87. The summed E-state index contributed by atoms with van der Waals surface area (Å²) in [5.74, 6) is 0. The average Bonchev–Trinajstić information content (AvgIpc) is 2.46. The number of nitrogens with one attached hydrogen (secondary N) is 1. The maximum absolute atomic E-state index is 5.59. The maximum Gasteiger partial charge on any atom is 0.0472 e. The van der Waals surface area contributed by atoms with Crippen LogP contribution in [-0.4, -0.2) is 75.9 Å². The highest BCUT2D eigenvalue weighted by Crippen LogP contribution is 2.32. The molecule has 0 aromatic heterocycles. The molecule has 4 nitrogen and oxygen atoms in total. The van der Waals surface area contributed by atoms with Gasteiger partial charge in [-0.1, -0.05) is 6.92 Å². The Labute approximate surface area is 124 Å². The molecule has 4 heteroatoms. The summed E-state index contributed by atoms with van der Waals surface area (Å²) in [6.45, 7) is 9.98. The summed E-state index contributed by atoms with van der Waals surface area (Å²) in [4.78, 5) is 5.10. The lowest BCUT2D eigenvalue weighted by atomic mass is 9.79. The van der Waals surface area contributed by atoms with Gasteiger partial charge in [0, 0.05) is 38.9 Å². The first-order valence-corrected chi connectivity index (χ1v) is 8.32. The molecule has 0 radical (unpaired) electrons. The Balaban J connectivity index is 1.91. The molecule has 0 saturated carbocycles. The van der Waals surface area contributed by atoms with Crippen LogP contribution in [0.15, 0.2) is 0 Å². The summed E-state index contributed by atoms with van der Waals surface area (Å²) < 4.78 is 5.59. The van der Waals surface area contributed by atoms with Crippen LogP contribution in [0.2, 0.25) is 0 Å². The van der Waals surface area contributed by atoms with Crippen LogP contribution in [0.3, 0.4) is 0 Å². The van der Waals surface area contributed by atoms with E-state index in [9.17, 15) is 0 Å². The minimum Gasteiger partial charge on any atom is -0.381 e. The fourth-order valence-electron chi connectivity index (χ4n) is 3.74. The third-order valence-electron chi connectivity index (χ3n) is 5.11. The number of likely N-dealkylation sites (tertiary alicyclic amines) is 1. The maximum atomic E-state index is 5.59. The van der Waals surface area contributed by atoms with Gasteiger partial charge in [-0.05, 0) is 58.3 Å². The van der Waals surface area contributed by atoms with E-state index in [0.717, 1.165) is 32.3 Å². The highest BCUT2D eigenvalue weighted by Gasteiger charge is 2.35. The summed E-state index contributed by atoms with van der Waals surface area (Å²) in [5, 5.41) is 3.58. The van der Waals surface area contributed by atoms with Crippen molar-refractivity contribution in [3.05, 3.63) is 0 Å². The Hall–Kier alpha value is -0.160. The van der Waals surface area contributed by atoms with Gasteiger partial charge in [-0.15, -0.1) is 0 Å². The Morgan fingerprint density at radius 3 is 2.75 bits per heavy atom. The molecule has 0 spiro atoms. The van der Waals surface area contributed by atoms with Crippen LogP contribution < -0.4 is 5.32 Å². The highest BCUT2D eigenvalue weighted by molar-refractivity contribution is 4.89. The van der Waals surface area contributed by atoms with Crippen LogP contribution in [0.5, 0.6) is 0 Å². The Bertz CT molecular complexity index is 279. The lowest BCUT2D eigenvalue weighted by molar-refractivity contribution is -0.0117. The van der Waals surface area contributed by atoms with Gasteiger partial charge in [-0.25, -0.2) is 0 Å². The number of ether oxygens (including phenoxy) is 1. The summed E-state index contributed by atoms with van der Waals surface area (Å²) in [6.07, 6.45) is 5.10. The summed E-state index contributed by atoms with van der Waals surface area (Å²) in [5.41, 5.74) is 0.416. The smallest absolute Gasteiger partial charge is 0.0472 e. The molecule has 1 unspecified atom stereocenters. The summed E-state index contributed by atoms with van der Waals surface area (Å²) in [7, 11) is 4.58. The Morgan fingerprint density at radius 2 is 2.10 bits per heavy atom. The first-order valence-electron chi connectivity index (χ1n) is 8.32. The van der Waals surface area contributed by atoms with Gasteiger partial charge >= 0.3 is 0 Å². The molecule has 0 aliphatic carbocycles. The predicted molar refractivity (Wildman–Crippen MR) is 84.2 cm³/mol. The van der Waals surface area contributed by atoms with Gasteiger partial charge in [0.15, 0.2) is 0 Å². The fourth-order valence-corrected chi connectivity index (χ4v) is 3.74.